The summed E-state index contributed by atoms with van der Waals surface area (Å²) in [5, 5.41) is 11.1. The Morgan fingerprint density at radius 1 is 1.56 bits per heavy atom. The van der Waals surface area contributed by atoms with Crippen molar-refractivity contribution in [3.63, 3.8) is 0 Å². The summed E-state index contributed by atoms with van der Waals surface area (Å²) in [6.07, 6.45) is 0.850. The van der Waals surface area contributed by atoms with Crippen molar-refractivity contribution in [1.82, 2.24) is 9.55 Å². The second-order valence-corrected chi connectivity index (χ2v) is 5.00. The molecule has 1 fully saturated rings. The third-order valence-corrected chi connectivity index (χ3v) is 3.71. The molecule has 0 saturated carbocycles. The maximum absolute atomic E-state index is 11.1. The number of nitrogens with two attached hydrogens (primary N) is 1. The molecule has 18 heavy (non-hydrogen) atoms. The van der Waals surface area contributed by atoms with Crippen LogP contribution in [0.25, 0.3) is 0 Å². The number of imidazole rings is 1. The van der Waals surface area contributed by atoms with Gasteiger partial charge in [0.1, 0.15) is 0 Å². The predicted octanol–water partition coefficient (Wildman–Crippen LogP) is 0.810. The van der Waals surface area contributed by atoms with Crippen molar-refractivity contribution in [1.29, 1.82) is 0 Å². The lowest BCUT2D eigenvalue weighted by Crippen LogP contribution is -2.46. The Labute approximate surface area is 106 Å². The monoisotopic (exact) mass is 253 g/mol. The van der Waals surface area contributed by atoms with Crippen LogP contribution in [0.2, 0.25) is 0 Å². The molecular weight excluding hydrogens is 234 g/mol. The second kappa shape index (κ2) is 4.56. The number of anilines is 1. The molecule has 7 heteroatoms. The average Bonchev–Trinajstić information content (AvgIpc) is 2.60. The SMILES string of the molecule is Cc1nc([N+](=O)[O-])c(N2CCC(N)C(C)C2)n1C. The Balaban J connectivity index is 2.36. The van der Waals surface area contributed by atoms with Crippen LogP contribution in [0.15, 0.2) is 0 Å². The highest BCUT2D eigenvalue weighted by molar-refractivity contribution is 5.56. The molecule has 1 saturated heterocycles. The molecule has 7 nitrogen and oxygen atoms in total. The summed E-state index contributed by atoms with van der Waals surface area (Å²) >= 11 is 0. The van der Waals surface area contributed by atoms with Crippen LogP contribution in [0, 0.1) is 23.0 Å². The minimum absolute atomic E-state index is 0.0577. The van der Waals surface area contributed by atoms with Crippen molar-refractivity contribution in [2.45, 2.75) is 26.3 Å². The molecule has 1 aromatic rings. The fourth-order valence-corrected chi connectivity index (χ4v) is 2.41. The topological polar surface area (TPSA) is 90.2 Å². The van der Waals surface area contributed by atoms with Gasteiger partial charge in [-0.1, -0.05) is 6.92 Å². The molecule has 0 radical (unpaired) electrons. The van der Waals surface area contributed by atoms with E-state index in [-0.39, 0.29) is 11.9 Å². The second-order valence-electron chi connectivity index (χ2n) is 5.00. The van der Waals surface area contributed by atoms with Crippen LogP contribution in [-0.2, 0) is 7.05 Å². The lowest BCUT2D eigenvalue weighted by atomic mass is 9.95. The van der Waals surface area contributed by atoms with Crippen LogP contribution in [0.3, 0.4) is 0 Å². The van der Waals surface area contributed by atoms with E-state index in [1.54, 1.807) is 11.5 Å². The summed E-state index contributed by atoms with van der Waals surface area (Å²) in [5.74, 6) is 1.52. The van der Waals surface area contributed by atoms with E-state index in [0.717, 1.165) is 19.5 Å². The molecule has 1 aromatic heterocycles. The summed E-state index contributed by atoms with van der Waals surface area (Å²) in [5.41, 5.74) is 5.98. The number of nitro groups is 1. The smallest absolute Gasteiger partial charge is 0.358 e. The molecule has 0 bridgehead atoms. The van der Waals surface area contributed by atoms with Gasteiger partial charge in [-0.05, 0) is 22.2 Å². The first kappa shape index (κ1) is 12.8. The fraction of sp³-hybridized carbons (Fsp3) is 0.727. The van der Waals surface area contributed by atoms with Gasteiger partial charge in [-0.25, -0.2) is 0 Å². The Kier molecular flexibility index (Phi) is 3.25. The van der Waals surface area contributed by atoms with E-state index in [2.05, 4.69) is 11.9 Å². The Morgan fingerprint density at radius 3 is 2.78 bits per heavy atom. The maximum Gasteiger partial charge on any atom is 0.406 e. The number of aryl methyl sites for hydroxylation is 1. The van der Waals surface area contributed by atoms with E-state index >= 15 is 0 Å². The molecule has 0 amide bonds. The Bertz CT molecular complexity index is 470. The Morgan fingerprint density at radius 2 is 2.22 bits per heavy atom. The zero-order chi connectivity index (χ0) is 13.4. The van der Waals surface area contributed by atoms with Gasteiger partial charge >= 0.3 is 5.82 Å². The van der Waals surface area contributed by atoms with Gasteiger partial charge in [0, 0.05) is 33.1 Å². The Hall–Kier alpha value is -1.63. The third kappa shape index (κ3) is 2.05. The van der Waals surface area contributed by atoms with Gasteiger partial charge in [-0.2, -0.15) is 0 Å². The number of nitrogens with zero attached hydrogens (tertiary/aromatic N) is 4. The summed E-state index contributed by atoms with van der Waals surface area (Å²) in [6.45, 7) is 5.33. The molecule has 2 atom stereocenters. The van der Waals surface area contributed by atoms with Crippen molar-refractivity contribution in [3.8, 4) is 0 Å². The quantitative estimate of drug-likeness (QED) is 0.622. The van der Waals surface area contributed by atoms with Crippen molar-refractivity contribution in [2.24, 2.45) is 18.7 Å². The number of hydrogen-bond acceptors (Lipinski definition) is 5. The number of rotatable bonds is 2. The highest BCUT2D eigenvalue weighted by Crippen LogP contribution is 2.31. The van der Waals surface area contributed by atoms with E-state index in [9.17, 15) is 10.1 Å². The normalized spacial score (nSPS) is 24.3. The summed E-state index contributed by atoms with van der Waals surface area (Å²) in [6, 6.07) is 0.176. The van der Waals surface area contributed by atoms with E-state index < -0.39 is 4.92 Å². The van der Waals surface area contributed by atoms with Crippen LogP contribution < -0.4 is 10.6 Å². The molecule has 0 spiro atoms. The molecule has 2 N–H and O–H groups in total. The van der Waals surface area contributed by atoms with Crippen LogP contribution in [0.4, 0.5) is 11.6 Å². The standard InChI is InChI=1S/C11H19N5O2/c1-7-6-15(5-4-9(7)12)11-10(16(17)18)13-8(2)14(11)3/h7,9H,4-6,12H2,1-3H3. The van der Waals surface area contributed by atoms with Gasteiger partial charge in [0.25, 0.3) is 0 Å². The minimum atomic E-state index is -0.415. The molecule has 0 aromatic carbocycles. The zero-order valence-corrected chi connectivity index (χ0v) is 11.0. The van der Waals surface area contributed by atoms with Crippen molar-refractivity contribution in [2.75, 3.05) is 18.0 Å². The predicted molar refractivity (Wildman–Crippen MR) is 68.6 cm³/mol. The first-order valence-electron chi connectivity index (χ1n) is 6.10. The largest absolute Gasteiger partial charge is 0.406 e. The minimum Gasteiger partial charge on any atom is -0.358 e. The van der Waals surface area contributed by atoms with Crippen molar-refractivity contribution >= 4 is 11.6 Å². The molecule has 1 aliphatic heterocycles. The van der Waals surface area contributed by atoms with Crippen LogP contribution in [-0.4, -0.2) is 33.6 Å². The summed E-state index contributed by atoms with van der Waals surface area (Å²) in [4.78, 5) is 16.7. The van der Waals surface area contributed by atoms with Crippen molar-refractivity contribution < 1.29 is 4.92 Å². The van der Waals surface area contributed by atoms with Gasteiger partial charge in [0.15, 0.2) is 0 Å². The van der Waals surface area contributed by atoms with Gasteiger partial charge in [-0.15, -0.1) is 0 Å². The lowest BCUT2D eigenvalue weighted by molar-refractivity contribution is -0.388. The number of aromatic nitrogens is 2. The first-order valence-corrected chi connectivity index (χ1v) is 6.10. The molecule has 2 unspecified atom stereocenters. The lowest BCUT2D eigenvalue weighted by Gasteiger charge is -2.35. The van der Waals surface area contributed by atoms with Crippen LogP contribution >= 0.6 is 0 Å². The third-order valence-electron chi connectivity index (χ3n) is 3.71. The highest BCUT2D eigenvalue weighted by atomic mass is 16.6. The van der Waals surface area contributed by atoms with Crippen LogP contribution in [0.1, 0.15) is 19.2 Å². The summed E-state index contributed by atoms with van der Waals surface area (Å²) in [7, 11) is 1.81. The van der Waals surface area contributed by atoms with E-state index in [1.165, 1.54) is 0 Å². The van der Waals surface area contributed by atoms with Gasteiger partial charge in [-0.3, -0.25) is 4.57 Å². The van der Waals surface area contributed by atoms with E-state index in [4.69, 9.17) is 5.73 Å². The number of hydrogen-bond donors (Lipinski definition) is 1. The average molecular weight is 253 g/mol. The van der Waals surface area contributed by atoms with E-state index in [0.29, 0.717) is 17.6 Å². The molecule has 1 aliphatic rings. The molecule has 100 valence electrons. The zero-order valence-electron chi connectivity index (χ0n) is 11.0. The summed E-state index contributed by atoms with van der Waals surface area (Å²) < 4.78 is 1.78. The maximum atomic E-state index is 11.1. The van der Waals surface area contributed by atoms with Crippen LogP contribution in [0.5, 0.6) is 0 Å². The van der Waals surface area contributed by atoms with Gasteiger partial charge in [0.05, 0.1) is 0 Å². The highest BCUT2D eigenvalue weighted by Gasteiger charge is 2.32. The molecule has 0 aliphatic carbocycles. The fourth-order valence-electron chi connectivity index (χ4n) is 2.41. The molecule has 2 rings (SSSR count). The van der Waals surface area contributed by atoms with Gasteiger partial charge < -0.3 is 20.7 Å². The molecule has 2 heterocycles. The van der Waals surface area contributed by atoms with Crippen molar-refractivity contribution in [3.05, 3.63) is 15.9 Å². The van der Waals surface area contributed by atoms with Gasteiger partial charge in [0.2, 0.25) is 11.6 Å². The first-order chi connectivity index (χ1) is 8.41. The number of piperidine rings is 1. The molecular formula is C11H19N5O2. The van der Waals surface area contributed by atoms with E-state index in [1.807, 2.05) is 11.9 Å².